The van der Waals surface area contributed by atoms with E-state index in [0.29, 0.717) is 0 Å². The van der Waals surface area contributed by atoms with E-state index in [0.717, 1.165) is 5.92 Å². The largest absolute Gasteiger partial charge is 0.317 e. The Kier molecular flexibility index (Phi) is 4.60. The topological polar surface area (TPSA) is 12.0 Å². The van der Waals surface area contributed by atoms with Crippen LogP contribution in [0.25, 0.3) is 0 Å². The van der Waals surface area contributed by atoms with Gasteiger partial charge in [-0.1, -0.05) is 32.6 Å². The second-order valence-electron chi connectivity index (χ2n) is 3.85. The fourth-order valence-electron chi connectivity index (χ4n) is 1.41. The molecule has 0 aromatic heterocycles. The quantitative estimate of drug-likeness (QED) is 0.567. The number of hydrogen-bond acceptors (Lipinski definition) is 1. The maximum atomic E-state index is 3.28. The molecule has 2 aliphatic rings. The summed E-state index contributed by atoms with van der Waals surface area (Å²) in [6.07, 6.45) is 8.67. The predicted octanol–water partition coefficient (Wildman–Crippen LogP) is 2.57. The lowest BCUT2D eigenvalue weighted by Crippen LogP contribution is -2.21. The molecule has 0 spiro atoms. The van der Waals surface area contributed by atoms with Crippen LogP contribution in [0, 0.1) is 5.92 Å². The molecule has 0 radical (unpaired) electrons. The molecule has 0 bridgehead atoms. The van der Waals surface area contributed by atoms with Crippen LogP contribution in [0.5, 0.6) is 0 Å². The first kappa shape index (κ1) is 9.05. The molecule has 0 atom stereocenters. The summed E-state index contributed by atoms with van der Waals surface area (Å²) in [5, 5.41) is 3.28. The van der Waals surface area contributed by atoms with Crippen LogP contribution in [-0.2, 0) is 0 Å². The third-order valence-electron chi connectivity index (χ3n) is 2.60. The van der Waals surface area contributed by atoms with E-state index >= 15 is 0 Å². The Morgan fingerprint density at radius 2 is 1.45 bits per heavy atom. The van der Waals surface area contributed by atoms with Crippen molar-refractivity contribution >= 4 is 0 Å². The molecule has 66 valence electrons. The van der Waals surface area contributed by atoms with E-state index in [-0.39, 0.29) is 0 Å². The predicted molar refractivity (Wildman–Crippen MR) is 49.7 cm³/mol. The summed E-state index contributed by atoms with van der Waals surface area (Å²) in [6, 6.07) is 0. The van der Waals surface area contributed by atoms with Crippen molar-refractivity contribution in [3.05, 3.63) is 0 Å². The maximum Gasteiger partial charge on any atom is -0.00489 e. The first-order valence-corrected chi connectivity index (χ1v) is 5.10. The molecule has 1 nitrogen and oxygen atoms in total. The van der Waals surface area contributed by atoms with Crippen LogP contribution in [0.15, 0.2) is 0 Å². The summed E-state index contributed by atoms with van der Waals surface area (Å²) in [5.74, 6) is 1.06. The molecule has 0 aromatic rings. The zero-order chi connectivity index (χ0) is 7.94. The first-order valence-electron chi connectivity index (χ1n) is 5.10. The number of nitrogens with one attached hydrogen (secondary N) is 1. The zero-order valence-electron chi connectivity index (χ0n) is 7.73. The van der Waals surface area contributed by atoms with Gasteiger partial charge in [-0.2, -0.15) is 0 Å². The Morgan fingerprint density at radius 3 is 1.55 bits per heavy atom. The molecule has 2 fully saturated rings. The molecular weight excluding hydrogens is 134 g/mol. The normalized spacial score (nSPS) is 24.8. The molecule has 0 aromatic carbocycles. The minimum Gasteiger partial charge on any atom is -0.317 e. The zero-order valence-corrected chi connectivity index (χ0v) is 7.73. The minimum atomic E-state index is 1.06. The van der Waals surface area contributed by atoms with Gasteiger partial charge in [0.15, 0.2) is 0 Å². The Bertz CT molecular complexity index is 71.4. The Balaban J connectivity index is 0.000000112. The summed E-state index contributed by atoms with van der Waals surface area (Å²) in [7, 11) is 0. The summed E-state index contributed by atoms with van der Waals surface area (Å²) in [5.41, 5.74) is 0. The van der Waals surface area contributed by atoms with Crippen LogP contribution in [0.2, 0.25) is 0 Å². The van der Waals surface area contributed by atoms with Gasteiger partial charge in [0.1, 0.15) is 0 Å². The van der Waals surface area contributed by atoms with Gasteiger partial charge in [0.05, 0.1) is 0 Å². The van der Waals surface area contributed by atoms with Gasteiger partial charge in [-0.3, -0.25) is 0 Å². The van der Waals surface area contributed by atoms with Crippen molar-refractivity contribution in [2.24, 2.45) is 5.92 Å². The van der Waals surface area contributed by atoms with E-state index in [1.807, 2.05) is 0 Å². The van der Waals surface area contributed by atoms with Crippen molar-refractivity contribution in [3.63, 3.8) is 0 Å². The molecule has 1 heteroatoms. The van der Waals surface area contributed by atoms with E-state index < -0.39 is 0 Å². The molecule has 0 unspecified atom stereocenters. The summed E-state index contributed by atoms with van der Waals surface area (Å²) < 4.78 is 0. The lowest BCUT2D eigenvalue weighted by Gasteiger charge is -2.18. The van der Waals surface area contributed by atoms with E-state index in [4.69, 9.17) is 0 Å². The third-order valence-corrected chi connectivity index (χ3v) is 2.60. The third kappa shape index (κ3) is 4.41. The highest BCUT2D eigenvalue weighted by atomic mass is 14.9. The van der Waals surface area contributed by atoms with Gasteiger partial charge in [-0.25, -0.2) is 0 Å². The standard InChI is InChI=1S/C5H11N.C5H10/c1-2-4-6-5-3-1;1-5-3-2-4-5/h6H,1-5H2;5H,2-4H2,1H3. The molecule has 1 aliphatic heterocycles. The number of rotatable bonds is 0. The lowest BCUT2D eigenvalue weighted by molar-refractivity contribution is 0.346. The second-order valence-corrected chi connectivity index (χ2v) is 3.85. The van der Waals surface area contributed by atoms with Gasteiger partial charge in [0.2, 0.25) is 0 Å². The molecule has 1 saturated heterocycles. The van der Waals surface area contributed by atoms with Gasteiger partial charge in [0.25, 0.3) is 0 Å². The Morgan fingerprint density at radius 1 is 0.909 bits per heavy atom. The van der Waals surface area contributed by atoms with Gasteiger partial charge >= 0.3 is 0 Å². The molecule has 0 amide bonds. The monoisotopic (exact) mass is 155 g/mol. The Labute approximate surface area is 70.6 Å². The summed E-state index contributed by atoms with van der Waals surface area (Å²) in [6.45, 7) is 4.81. The first-order chi connectivity index (χ1) is 5.39. The van der Waals surface area contributed by atoms with Gasteiger partial charge in [-0.15, -0.1) is 0 Å². The van der Waals surface area contributed by atoms with E-state index in [9.17, 15) is 0 Å². The number of piperidine rings is 1. The van der Waals surface area contributed by atoms with Crippen LogP contribution in [0.4, 0.5) is 0 Å². The van der Waals surface area contributed by atoms with Crippen molar-refractivity contribution < 1.29 is 0 Å². The molecular formula is C10H21N. The summed E-state index contributed by atoms with van der Waals surface area (Å²) >= 11 is 0. The van der Waals surface area contributed by atoms with Crippen molar-refractivity contribution in [1.82, 2.24) is 5.32 Å². The van der Waals surface area contributed by atoms with E-state index in [1.165, 1.54) is 51.6 Å². The minimum absolute atomic E-state index is 1.06. The Hall–Kier alpha value is -0.0400. The highest BCUT2D eigenvalue weighted by Crippen LogP contribution is 2.24. The van der Waals surface area contributed by atoms with Crippen molar-refractivity contribution in [1.29, 1.82) is 0 Å². The van der Waals surface area contributed by atoms with Crippen LogP contribution in [-0.4, -0.2) is 13.1 Å². The average molecular weight is 155 g/mol. The molecule has 1 aliphatic carbocycles. The molecule has 1 heterocycles. The second kappa shape index (κ2) is 5.59. The highest BCUT2D eigenvalue weighted by Gasteiger charge is 2.09. The van der Waals surface area contributed by atoms with Crippen molar-refractivity contribution in [2.45, 2.75) is 45.4 Å². The number of hydrogen-bond donors (Lipinski definition) is 1. The van der Waals surface area contributed by atoms with E-state index in [1.54, 1.807) is 0 Å². The van der Waals surface area contributed by atoms with Gasteiger partial charge in [-0.05, 0) is 31.8 Å². The average Bonchev–Trinajstić information content (AvgIpc) is 2.05. The maximum absolute atomic E-state index is 3.28. The van der Waals surface area contributed by atoms with Crippen LogP contribution >= 0.6 is 0 Å². The highest BCUT2D eigenvalue weighted by molar-refractivity contribution is 4.62. The lowest BCUT2D eigenvalue weighted by atomic mass is 9.88. The van der Waals surface area contributed by atoms with Crippen molar-refractivity contribution in [2.75, 3.05) is 13.1 Å². The van der Waals surface area contributed by atoms with Gasteiger partial charge < -0.3 is 5.32 Å². The molecule has 1 saturated carbocycles. The molecule has 11 heavy (non-hydrogen) atoms. The van der Waals surface area contributed by atoms with Crippen LogP contribution in [0.1, 0.15) is 45.4 Å². The SMILES string of the molecule is C1CCNCC1.CC1CCC1. The summed E-state index contributed by atoms with van der Waals surface area (Å²) in [4.78, 5) is 0. The smallest absolute Gasteiger partial charge is 0.00489 e. The van der Waals surface area contributed by atoms with Gasteiger partial charge in [0, 0.05) is 0 Å². The fraction of sp³-hybridized carbons (Fsp3) is 1.00. The van der Waals surface area contributed by atoms with Crippen LogP contribution in [0.3, 0.4) is 0 Å². The molecule has 1 N–H and O–H groups in total. The van der Waals surface area contributed by atoms with E-state index in [2.05, 4.69) is 12.2 Å². The van der Waals surface area contributed by atoms with Crippen molar-refractivity contribution in [3.8, 4) is 0 Å². The molecule has 2 rings (SSSR count). The fourth-order valence-corrected chi connectivity index (χ4v) is 1.41. The van der Waals surface area contributed by atoms with Crippen LogP contribution < -0.4 is 5.32 Å².